The highest BCUT2D eigenvalue weighted by Gasteiger charge is 2.21. The molecule has 1 fully saturated rings. The van der Waals surface area contributed by atoms with Gasteiger partial charge in [0.1, 0.15) is 0 Å². The van der Waals surface area contributed by atoms with Gasteiger partial charge >= 0.3 is 0 Å². The minimum Gasteiger partial charge on any atom is -0.317 e. The Balaban J connectivity index is 0.00000208. The zero-order valence-electron chi connectivity index (χ0n) is 13.6. The van der Waals surface area contributed by atoms with Crippen molar-refractivity contribution in [3.8, 4) is 0 Å². The highest BCUT2D eigenvalue weighted by atomic mass is 35.5. The standard InChI is InChI=1S/C16H21N5OS.ClH/c1-21-16(19-15(20-21)12-7-9-17-10-8-12)18-14(22)11-23-13-5-3-2-4-6-13;/h2-6,12,17H,7-11H2,1H3,(H,18,19,20,22);1H. The minimum atomic E-state index is -0.0637. The summed E-state index contributed by atoms with van der Waals surface area (Å²) < 4.78 is 1.66. The van der Waals surface area contributed by atoms with Crippen LogP contribution in [0, 0.1) is 0 Å². The van der Waals surface area contributed by atoms with Crippen LogP contribution in [0.15, 0.2) is 35.2 Å². The van der Waals surface area contributed by atoms with E-state index in [-0.39, 0.29) is 18.3 Å². The van der Waals surface area contributed by atoms with Crippen LogP contribution in [0.1, 0.15) is 24.6 Å². The van der Waals surface area contributed by atoms with Gasteiger partial charge in [0.05, 0.1) is 5.75 Å². The summed E-state index contributed by atoms with van der Waals surface area (Å²) >= 11 is 1.51. The van der Waals surface area contributed by atoms with Crippen molar-refractivity contribution in [1.82, 2.24) is 20.1 Å². The first-order valence-electron chi connectivity index (χ1n) is 7.82. The fraction of sp³-hybridized carbons (Fsp3) is 0.438. The van der Waals surface area contributed by atoms with Crippen molar-refractivity contribution in [1.29, 1.82) is 0 Å². The van der Waals surface area contributed by atoms with E-state index in [9.17, 15) is 4.79 Å². The second kappa shape index (κ2) is 9.05. The van der Waals surface area contributed by atoms with E-state index in [1.54, 1.807) is 4.68 Å². The van der Waals surface area contributed by atoms with E-state index in [1.807, 2.05) is 37.4 Å². The lowest BCUT2D eigenvalue weighted by Gasteiger charge is -2.19. The molecule has 2 aromatic rings. The van der Waals surface area contributed by atoms with Crippen molar-refractivity contribution in [2.75, 3.05) is 24.2 Å². The molecular formula is C16H22ClN5OS. The van der Waals surface area contributed by atoms with Crippen LogP contribution in [0.25, 0.3) is 0 Å². The van der Waals surface area contributed by atoms with Gasteiger partial charge in [0.2, 0.25) is 11.9 Å². The van der Waals surface area contributed by atoms with E-state index >= 15 is 0 Å². The van der Waals surface area contributed by atoms with Gasteiger partial charge < -0.3 is 5.32 Å². The molecule has 6 nitrogen and oxygen atoms in total. The van der Waals surface area contributed by atoms with Gasteiger partial charge in [-0.1, -0.05) is 18.2 Å². The van der Waals surface area contributed by atoms with Gasteiger partial charge in [-0.05, 0) is 38.1 Å². The smallest absolute Gasteiger partial charge is 0.237 e. The summed E-state index contributed by atoms with van der Waals surface area (Å²) in [7, 11) is 1.82. The average molecular weight is 368 g/mol. The highest BCUT2D eigenvalue weighted by molar-refractivity contribution is 8.00. The van der Waals surface area contributed by atoms with Crippen LogP contribution in [0.4, 0.5) is 5.95 Å². The number of nitrogens with zero attached hydrogens (tertiary/aromatic N) is 3. The van der Waals surface area contributed by atoms with E-state index in [0.29, 0.717) is 17.6 Å². The van der Waals surface area contributed by atoms with Gasteiger partial charge in [-0.25, -0.2) is 4.68 Å². The number of nitrogens with one attached hydrogen (secondary N) is 2. The summed E-state index contributed by atoms with van der Waals surface area (Å²) in [5.74, 6) is 2.04. The minimum absolute atomic E-state index is 0. The molecule has 24 heavy (non-hydrogen) atoms. The number of hydrogen-bond acceptors (Lipinski definition) is 5. The summed E-state index contributed by atoms with van der Waals surface area (Å²) in [6.45, 7) is 2.00. The molecule has 1 aliphatic rings. The first-order chi connectivity index (χ1) is 11.2. The summed E-state index contributed by atoms with van der Waals surface area (Å²) in [6.07, 6.45) is 2.09. The summed E-state index contributed by atoms with van der Waals surface area (Å²) in [5, 5.41) is 10.7. The van der Waals surface area contributed by atoms with Gasteiger partial charge in [0, 0.05) is 17.9 Å². The third kappa shape index (κ3) is 4.96. The van der Waals surface area contributed by atoms with Gasteiger partial charge in [-0.15, -0.1) is 24.2 Å². The molecule has 0 aliphatic carbocycles. The molecule has 130 valence electrons. The number of carbonyl (C=O) groups is 1. The Hall–Kier alpha value is -1.57. The molecule has 1 aliphatic heterocycles. The molecule has 3 rings (SSSR count). The second-order valence-corrected chi connectivity index (χ2v) is 6.64. The van der Waals surface area contributed by atoms with E-state index < -0.39 is 0 Å². The molecule has 8 heteroatoms. The lowest BCUT2D eigenvalue weighted by molar-refractivity contribution is -0.113. The number of rotatable bonds is 5. The number of aryl methyl sites for hydroxylation is 1. The van der Waals surface area contributed by atoms with E-state index in [4.69, 9.17) is 0 Å². The van der Waals surface area contributed by atoms with Gasteiger partial charge in [-0.2, -0.15) is 10.1 Å². The number of anilines is 1. The van der Waals surface area contributed by atoms with E-state index in [1.165, 1.54) is 11.8 Å². The molecule has 2 heterocycles. The predicted octanol–water partition coefficient (Wildman–Crippen LogP) is 2.43. The maximum Gasteiger partial charge on any atom is 0.237 e. The van der Waals surface area contributed by atoms with Crippen LogP contribution in [0.5, 0.6) is 0 Å². The van der Waals surface area contributed by atoms with E-state index in [0.717, 1.165) is 36.7 Å². The topological polar surface area (TPSA) is 71.8 Å². The van der Waals surface area contributed by atoms with Crippen LogP contribution in [0.3, 0.4) is 0 Å². The number of thioether (sulfide) groups is 1. The van der Waals surface area contributed by atoms with Crippen LogP contribution < -0.4 is 10.6 Å². The first kappa shape index (κ1) is 18.8. The van der Waals surface area contributed by atoms with Crippen molar-refractivity contribution in [2.45, 2.75) is 23.7 Å². The van der Waals surface area contributed by atoms with Crippen molar-refractivity contribution >= 4 is 36.0 Å². The normalized spacial score (nSPS) is 14.9. The molecule has 0 saturated carbocycles. The molecular weight excluding hydrogens is 346 g/mol. The van der Waals surface area contributed by atoms with Crippen molar-refractivity contribution < 1.29 is 4.79 Å². The third-order valence-corrected chi connectivity index (χ3v) is 4.86. The zero-order valence-corrected chi connectivity index (χ0v) is 15.2. The fourth-order valence-corrected chi connectivity index (χ4v) is 3.31. The Kier molecular flexibility index (Phi) is 7.08. The number of piperidine rings is 1. The molecule has 0 atom stereocenters. The number of halogens is 1. The first-order valence-corrected chi connectivity index (χ1v) is 8.80. The van der Waals surface area contributed by atoms with Crippen LogP contribution in [-0.2, 0) is 11.8 Å². The lowest BCUT2D eigenvalue weighted by atomic mass is 9.98. The van der Waals surface area contributed by atoms with E-state index in [2.05, 4.69) is 20.7 Å². The number of hydrogen-bond donors (Lipinski definition) is 2. The molecule has 0 spiro atoms. The monoisotopic (exact) mass is 367 g/mol. The van der Waals surface area contributed by atoms with Crippen molar-refractivity contribution in [3.05, 3.63) is 36.2 Å². The SMILES string of the molecule is Cl.Cn1nc(C2CCNCC2)nc1NC(=O)CSc1ccccc1. The Morgan fingerprint density at radius 1 is 1.33 bits per heavy atom. The number of aromatic nitrogens is 3. The fourth-order valence-electron chi connectivity index (χ4n) is 2.59. The molecule has 1 aromatic heterocycles. The van der Waals surface area contributed by atoms with Gasteiger partial charge in [-0.3, -0.25) is 10.1 Å². The Labute approximate surface area is 152 Å². The van der Waals surface area contributed by atoms with Crippen LogP contribution in [0.2, 0.25) is 0 Å². The van der Waals surface area contributed by atoms with Crippen LogP contribution >= 0.6 is 24.2 Å². The van der Waals surface area contributed by atoms with Crippen molar-refractivity contribution in [2.24, 2.45) is 7.05 Å². The Morgan fingerprint density at radius 3 is 2.75 bits per heavy atom. The molecule has 0 unspecified atom stereocenters. The number of amides is 1. The quantitative estimate of drug-likeness (QED) is 0.794. The summed E-state index contributed by atoms with van der Waals surface area (Å²) in [4.78, 5) is 17.7. The predicted molar refractivity (Wildman–Crippen MR) is 98.9 cm³/mol. The maximum atomic E-state index is 12.1. The second-order valence-electron chi connectivity index (χ2n) is 5.59. The Bertz CT molecular complexity index is 658. The highest BCUT2D eigenvalue weighted by Crippen LogP contribution is 2.23. The third-order valence-electron chi connectivity index (χ3n) is 3.85. The average Bonchev–Trinajstić information content (AvgIpc) is 2.95. The summed E-state index contributed by atoms with van der Waals surface area (Å²) in [5.41, 5.74) is 0. The summed E-state index contributed by atoms with van der Waals surface area (Å²) in [6, 6.07) is 9.89. The molecule has 2 N–H and O–H groups in total. The largest absolute Gasteiger partial charge is 0.317 e. The number of carbonyl (C=O) groups excluding carboxylic acids is 1. The van der Waals surface area contributed by atoms with Gasteiger partial charge in [0.25, 0.3) is 0 Å². The number of benzene rings is 1. The Morgan fingerprint density at radius 2 is 2.04 bits per heavy atom. The van der Waals surface area contributed by atoms with Crippen LogP contribution in [-0.4, -0.2) is 39.5 Å². The molecule has 0 bridgehead atoms. The van der Waals surface area contributed by atoms with Gasteiger partial charge in [0.15, 0.2) is 5.82 Å². The molecule has 1 saturated heterocycles. The van der Waals surface area contributed by atoms with Crippen molar-refractivity contribution in [3.63, 3.8) is 0 Å². The molecule has 0 radical (unpaired) electrons. The molecule has 1 aromatic carbocycles. The lowest BCUT2D eigenvalue weighted by Crippen LogP contribution is -2.27. The zero-order chi connectivity index (χ0) is 16.1. The molecule has 1 amide bonds. The maximum absolute atomic E-state index is 12.1.